The maximum absolute atomic E-state index is 5.39. The topological polar surface area (TPSA) is 70.9 Å². The highest BCUT2D eigenvalue weighted by Crippen LogP contribution is 2.27. The zero-order chi connectivity index (χ0) is 15.2. The lowest BCUT2D eigenvalue weighted by molar-refractivity contribution is 0.390. The normalized spacial score (nSPS) is 16.4. The van der Waals surface area contributed by atoms with E-state index in [1.807, 2.05) is 18.5 Å². The van der Waals surface area contributed by atoms with Crippen molar-refractivity contribution >= 4 is 23.0 Å². The third kappa shape index (κ3) is 4.13. The molecule has 0 aromatic carbocycles. The van der Waals surface area contributed by atoms with Gasteiger partial charge in [0.2, 0.25) is 0 Å². The maximum Gasteiger partial charge on any atom is 0.191 e. The molecule has 21 heavy (non-hydrogen) atoms. The molecule has 0 unspecified atom stereocenters. The van der Waals surface area contributed by atoms with Gasteiger partial charge in [0, 0.05) is 29.7 Å². The molecule has 2 rings (SSSR count). The molecule has 4 N–H and O–H groups in total. The van der Waals surface area contributed by atoms with E-state index in [-0.39, 0.29) is 5.96 Å². The molecule has 1 aromatic heterocycles. The van der Waals surface area contributed by atoms with Crippen molar-refractivity contribution < 1.29 is 0 Å². The number of hydrogen-bond acceptors (Lipinski definition) is 4. The van der Waals surface area contributed by atoms with E-state index in [9.17, 15) is 0 Å². The van der Waals surface area contributed by atoms with Crippen LogP contribution in [0.25, 0.3) is 0 Å². The number of hydrogen-bond donors (Lipinski definition) is 2. The fourth-order valence-corrected chi connectivity index (χ4v) is 2.80. The molecule has 0 saturated carbocycles. The third-order valence-corrected chi connectivity index (χ3v) is 3.88. The molecule has 0 atom stereocenters. The predicted octanol–water partition coefficient (Wildman–Crippen LogP) is 2.68. The van der Waals surface area contributed by atoms with Crippen molar-refractivity contribution in [1.82, 2.24) is 9.80 Å². The molecule has 0 bridgehead atoms. The summed E-state index contributed by atoms with van der Waals surface area (Å²) < 4.78 is 0. The summed E-state index contributed by atoms with van der Waals surface area (Å²) in [4.78, 5) is 9.57. The molecular formula is C15H21N5S. The van der Waals surface area contributed by atoms with E-state index in [0.717, 1.165) is 24.5 Å². The molecule has 0 spiro atoms. The Morgan fingerprint density at radius 2 is 2.19 bits per heavy atom. The second-order valence-electron chi connectivity index (χ2n) is 4.71. The zero-order valence-corrected chi connectivity index (χ0v) is 13.2. The number of nitrogens with zero attached hydrogens (tertiary/aromatic N) is 3. The molecule has 2 heterocycles. The number of allylic oxidation sites excluding steroid dienone is 3. The van der Waals surface area contributed by atoms with E-state index in [1.165, 1.54) is 4.88 Å². The molecule has 0 aliphatic carbocycles. The van der Waals surface area contributed by atoms with Crippen molar-refractivity contribution in [1.29, 1.82) is 0 Å². The molecule has 1 aliphatic heterocycles. The third-order valence-electron chi connectivity index (χ3n) is 2.97. The number of guanidine groups is 1. The number of nitrogens with two attached hydrogens (primary N) is 2. The van der Waals surface area contributed by atoms with Crippen LogP contribution in [0.15, 0.2) is 52.9 Å². The van der Waals surface area contributed by atoms with Gasteiger partial charge in [-0.1, -0.05) is 19.1 Å². The first-order valence-corrected chi connectivity index (χ1v) is 7.69. The summed E-state index contributed by atoms with van der Waals surface area (Å²) in [6.07, 6.45) is 11.5. The molecule has 6 heteroatoms. The van der Waals surface area contributed by atoms with Gasteiger partial charge >= 0.3 is 0 Å². The minimum Gasteiger partial charge on any atom is -0.370 e. The Morgan fingerprint density at radius 3 is 2.90 bits per heavy atom. The highest BCUT2D eigenvalue weighted by atomic mass is 32.1. The van der Waals surface area contributed by atoms with Gasteiger partial charge in [-0.05, 0) is 18.6 Å². The van der Waals surface area contributed by atoms with Crippen molar-refractivity contribution in [3.05, 3.63) is 52.8 Å². The second kappa shape index (κ2) is 6.99. The first kappa shape index (κ1) is 15.2. The minimum atomic E-state index is 0.0884. The zero-order valence-electron chi connectivity index (χ0n) is 12.4. The lowest BCUT2D eigenvalue weighted by atomic mass is 10.3. The Hall–Kier alpha value is -2.21. The van der Waals surface area contributed by atoms with Crippen LogP contribution >= 0.6 is 11.3 Å². The van der Waals surface area contributed by atoms with Crippen LogP contribution in [0.1, 0.15) is 18.2 Å². The first-order chi connectivity index (χ1) is 10.1. The fraction of sp³-hybridized carbons (Fsp3) is 0.267. The summed E-state index contributed by atoms with van der Waals surface area (Å²) >= 11 is 1.65. The molecule has 1 aliphatic rings. The van der Waals surface area contributed by atoms with E-state index in [4.69, 9.17) is 11.5 Å². The largest absolute Gasteiger partial charge is 0.370 e. The van der Waals surface area contributed by atoms with E-state index < -0.39 is 0 Å². The van der Waals surface area contributed by atoms with Crippen molar-refractivity contribution in [2.75, 3.05) is 7.05 Å². The van der Waals surface area contributed by atoms with E-state index in [2.05, 4.69) is 52.3 Å². The highest BCUT2D eigenvalue weighted by Gasteiger charge is 2.16. The summed E-state index contributed by atoms with van der Waals surface area (Å²) in [7, 11) is 2.04. The second-order valence-corrected chi connectivity index (χ2v) is 5.70. The van der Waals surface area contributed by atoms with Crippen LogP contribution in [0.3, 0.4) is 0 Å². The monoisotopic (exact) mass is 303 g/mol. The van der Waals surface area contributed by atoms with Crippen LogP contribution < -0.4 is 11.5 Å². The van der Waals surface area contributed by atoms with Gasteiger partial charge < -0.3 is 21.3 Å². The van der Waals surface area contributed by atoms with Gasteiger partial charge in [-0.15, -0.1) is 11.3 Å². The van der Waals surface area contributed by atoms with Gasteiger partial charge in [-0.2, -0.15) is 0 Å². The minimum absolute atomic E-state index is 0.0884. The Bertz CT molecular complexity index is 593. The van der Waals surface area contributed by atoms with E-state index in [0.29, 0.717) is 0 Å². The fourth-order valence-electron chi connectivity index (χ4n) is 2.00. The Morgan fingerprint density at radius 1 is 1.38 bits per heavy atom. The van der Waals surface area contributed by atoms with Crippen LogP contribution in [0, 0.1) is 0 Å². The smallest absolute Gasteiger partial charge is 0.191 e. The van der Waals surface area contributed by atoms with Gasteiger partial charge in [0.1, 0.15) is 5.82 Å². The van der Waals surface area contributed by atoms with Gasteiger partial charge in [-0.3, -0.25) is 0 Å². The van der Waals surface area contributed by atoms with Crippen LogP contribution in [0.5, 0.6) is 0 Å². The van der Waals surface area contributed by atoms with Gasteiger partial charge in [0.25, 0.3) is 0 Å². The van der Waals surface area contributed by atoms with Crippen LogP contribution in [0.2, 0.25) is 0 Å². The summed E-state index contributed by atoms with van der Waals surface area (Å²) in [5.74, 6) is 1.24. The molecular weight excluding hydrogens is 282 g/mol. The average molecular weight is 303 g/mol. The van der Waals surface area contributed by atoms with Crippen molar-refractivity contribution in [3.63, 3.8) is 0 Å². The van der Waals surface area contributed by atoms with Crippen molar-refractivity contribution in [3.8, 4) is 0 Å². The van der Waals surface area contributed by atoms with E-state index in [1.54, 1.807) is 11.3 Å². The Labute approximate surface area is 129 Å². The molecule has 0 radical (unpaired) electrons. The number of thiophene rings is 1. The van der Waals surface area contributed by atoms with Crippen molar-refractivity contribution in [2.45, 2.75) is 19.9 Å². The van der Waals surface area contributed by atoms with Crippen LogP contribution in [-0.2, 0) is 6.54 Å². The molecule has 112 valence electrons. The molecule has 0 amide bonds. The first-order valence-electron chi connectivity index (χ1n) is 6.82. The number of rotatable bonds is 5. The summed E-state index contributed by atoms with van der Waals surface area (Å²) in [5.41, 5.74) is 11.6. The van der Waals surface area contributed by atoms with Crippen LogP contribution in [0.4, 0.5) is 5.69 Å². The standard InChI is InChI=1S/C15H21N5S/c1-3-4-5-6-14-19(2)7-8-20(14)10-13-9-12(11-21-13)18-15(16)17/h4-9,11H,3,10H2,1-2H3,(H4,16,17,18)/b5-4+,14-6+. The molecule has 0 fully saturated rings. The lowest BCUT2D eigenvalue weighted by Crippen LogP contribution is -2.21. The molecule has 1 aromatic rings. The quantitative estimate of drug-likeness (QED) is 0.648. The summed E-state index contributed by atoms with van der Waals surface area (Å²) in [5, 5.41) is 1.96. The average Bonchev–Trinajstić information content (AvgIpc) is 2.99. The van der Waals surface area contributed by atoms with Crippen molar-refractivity contribution in [2.24, 2.45) is 16.5 Å². The molecule has 0 saturated heterocycles. The SMILES string of the molecule is CC/C=C/C=C1\N(C)C=CN1Cc1cc(N=C(N)N)cs1. The predicted molar refractivity (Wildman–Crippen MR) is 89.7 cm³/mol. The van der Waals surface area contributed by atoms with E-state index >= 15 is 0 Å². The van der Waals surface area contributed by atoms with Gasteiger partial charge in [-0.25, -0.2) is 4.99 Å². The number of aliphatic imine (C=N–C) groups is 1. The lowest BCUT2D eigenvalue weighted by Gasteiger charge is -2.21. The summed E-state index contributed by atoms with van der Waals surface area (Å²) in [6.45, 7) is 2.93. The highest BCUT2D eigenvalue weighted by molar-refractivity contribution is 7.10. The van der Waals surface area contributed by atoms with Gasteiger partial charge in [0.05, 0.1) is 12.2 Å². The van der Waals surface area contributed by atoms with Gasteiger partial charge in [0.15, 0.2) is 5.96 Å². The molecule has 5 nitrogen and oxygen atoms in total. The maximum atomic E-state index is 5.39. The van der Waals surface area contributed by atoms with Crippen LogP contribution in [-0.4, -0.2) is 22.8 Å². The Kier molecular flexibility index (Phi) is 5.05. The Balaban J connectivity index is 2.09. The summed E-state index contributed by atoms with van der Waals surface area (Å²) in [6, 6.07) is 2.01.